The van der Waals surface area contributed by atoms with Gasteiger partial charge in [0.25, 0.3) is 0 Å². The molecule has 0 aliphatic carbocycles. The van der Waals surface area contributed by atoms with Gasteiger partial charge in [-0.25, -0.2) is 0 Å². The number of rotatable bonds is 4. The highest BCUT2D eigenvalue weighted by molar-refractivity contribution is 5.85. The van der Waals surface area contributed by atoms with E-state index < -0.39 is 0 Å². The lowest BCUT2D eigenvalue weighted by Gasteiger charge is -2.34. The molecule has 0 saturated carbocycles. The lowest BCUT2D eigenvalue weighted by Crippen LogP contribution is -2.42. The number of hydrogen-bond donors (Lipinski definition) is 1. The number of carbonyl (C=O) groups excluding carboxylic acids is 1. The van der Waals surface area contributed by atoms with Gasteiger partial charge in [0.15, 0.2) is 0 Å². The van der Waals surface area contributed by atoms with Gasteiger partial charge < -0.3 is 15.1 Å². The molecule has 126 valence electrons. The second kappa shape index (κ2) is 10.7. The number of nitrogens with zero attached hydrogens (tertiary/aromatic N) is 2. The fourth-order valence-electron chi connectivity index (χ4n) is 3.34. The first kappa shape index (κ1) is 21.0. The molecule has 0 radical (unpaired) electrons. The van der Waals surface area contributed by atoms with Crippen molar-refractivity contribution in [3.05, 3.63) is 0 Å². The van der Waals surface area contributed by atoms with Crippen LogP contribution < -0.4 is 5.32 Å². The Morgan fingerprint density at radius 1 is 1.05 bits per heavy atom. The minimum absolute atomic E-state index is 0. The molecular weight excluding hydrogens is 309 g/mol. The summed E-state index contributed by atoms with van der Waals surface area (Å²) in [6.45, 7) is 5.28. The zero-order chi connectivity index (χ0) is 13.7. The third kappa shape index (κ3) is 7.18. The topological polar surface area (TPSA) is 35.6 Å². The molecule has 1 N–H and O–H groups in total. The predicted octanol–water partition coefficient (Wildman–Crippen LogP) is 2.02. The Balaban J connectivity index is 0.00000200. The summed E-state index contributed by atoms with van der Waals surface area (Å²) in [6.07, 6.45) is 5.47. The highest BCUT2D eigenvalue weighted by Gasteiger charge is 2.25. The molecule has 21 heavy (non-hydrogen) atoms. The van der Waals surface area contributed by atoms with Crippen molar-refractivity contribution in [2.45, 2.75) is 32.1 Å². The van der Waals surface area contributed by atoms with Gasteiger partial charge >= 0.3 is 0 Å². The normalized spacial score (nSPS) is 20.8. The molecule has 2 aliphatic heterocycles. The molecule has 0 aromatic heterocycles. The molecule has 1 amide bonds. The van der Waals surface area contributed by atoms with E-state index in [0.717, 1.165) is 45.1 Å². The van der Waals surface area contributed by atoms with Crippen LogP contribution in [0.15, 0.2) is 0 Å². The van der Waals surface area contributed by atoms with Gasteiger partial charge in [0.05, 0.1) is 0 Å². The van der Waals surface area contributed by atoms with Crippen LogP contribution in [0.25, 0.3) is 0 Å². The van der Waals surface area contributed by atoms with Crippen molar-refractivity contribution >= 4 is 30.7 Å². The summed E-state index contributed by atoms with van der Waals surface area (Å²) in [5.74, 6) is 1.79. The summed E-state index contributed by atoms with van der Waals surface area (Å²) in [6, 6.07) is 0. The van der Waals surface area contributed by atoms with Gasteiger partial charge in [-0.3, -0.25) is 4.79 Å². The van der Waals surface area contributed by atoms with E-state index >= 15 is 0 Å². The number of nitrogens with one attached hydrogen (secondary N) is 1. The molecule has 6 heteroatoms. The Morgan fingerprint density at radius 2 is 1.62 bits per heavy atom. The first-order valence-electron chi connectivity index (χ1n) is 7.78. The smallest absolute Gasteiger partial charge is 0.222 e. The van der Waals surface area contributed by atoms with Gasteiger partial charge in [-0.1, -0.05) is 0 Å². The highest BCUT2D eigenvalue weighted by Crippen LogP contribution is 2.21. The van der Waals surface area contributed by atoms with Crippen molar-refractivity contribution in [3.8, 4) is 0 Å². The minimum atomic E-state index is 0. The second-order valence-electron chi connectivity index (χ2n) is 6.48. The van der Waals surface area contributed by atoms with Crippen LogP contribution in [0.4, 0.5) is 0 Å². The summed E-state index contributed by atoms with van der Waals surface area (Å²) in [5.41, 5.74) is 0. The van der Waals surface area contributed by atoms with Crippen LogP contribution in [0, 0.1) is 11.8 Å². The average Bonchev–Trinajstić information content (AvgIpc) is 2.40. The third-order valence-corrected chi connectivity index (χ3v) is 4.51. The minimum Gasteiger partial charge on any atom is -0.343 e. The Kier molecular flexibility index (Phi) is 10.6. The molecule has 2 saturated heterocycles. The van der Waals surface area contributed by atoms with E-state index in [4.69, 9.17) is 0 Å². The van der Waals surface area contributed by atoms with Crippen LogP contribution in [0.5, 0.6) is 0 Å². The lowest BCUT2D eigenvalue weighted by molar-refractivity contribution is -0.133. The first-order valence-corrected chi connectivity index (χ1v) is 7.78. The van der Waals surface area contributed by atoms with E-state index in [9.17, 15) is 4.79 Å². The molecular formula is C15H31Cl2N3O. The van der Waals surface area contributed by atoms with Crippen molar-refractivity contribution in [1.82, 2.24) is 15.1 Å². The predicted molar refractivity (Wildman–Crippen MR) is 92.6 cm³/mol. The van der Waals surface area contributed by atoms with Gasteiger partial charge in [-0.2, -0.15) is 0 Å². The van der Waals surface area contributed by atoms with Crippen molar-refractivity contribution in [2.75, 3.05) is 46.8 Å². The molecule has 0 aromatic carbocycles. The molecule has 2 aliphatic rings. The fourth-order valence-corrected chi connectivity index (χ4v) is 3.34. The number of likely N-dealkylation sites (tertiary alicyclic amines) is 1. The quantitative estimate of drug-likeness (QED) is 0.851. The SMILES string of the molecule is CN(C)CC1CCN(C(=O)CC2CCNCC2)CC1.Cl.Cl. The summed E-state index contributed by atoms with van der Waals surface area (Å²) >= 11 is 0. The summed E-state index contributed by atoms with van der Waals surface area (Å²) in [4.78, 5) is 16.7. The van der Waals surface area contributed by atoms with Crippen molar-refractivity contribution in [3.63, 3.8) is 0 Å². The van der Waals surface area contributed by atoms with Gasteiger partial charge in [-0.15, -0.1) is 24.8 Å². The van der Waals surface area contributed by atoms with Crippen LogP contribution in [-0.2, 0) is 4.79 Å². The van der Waals surface area contributed by atoms with E-state index in [1.54, 1.807) is 0 Å². The van der Waals surface area contributed by atoms with Crippen molar-refractivity contribution < 1.29 is 4.79 Å². The highest BCUT2D eigenvalue weighted by atomic mass is 35.5. The fraction of sp³-hybridized carbons (Fsp3) is 0.933. The Bertz CT molecular complexity index is 289. The molecule has 4 nitrogen and oxygen atoms in total. The monoisotopic (exact) mass is 339 g/mol. The van der Waals surface area contributed by atoms with Crippen LogP contribution in [0.2, 0.25) is 0 Å². The van der Waals surface area contributed by atoms with Crippen molar-refractivity contribution in [1.29, 1.82) is 0 Å². The van der Waals surface area contributed by atoms with Crippen LogP contribution in [-0.4, -0.2) is 62.5 Å². The maximum Gasteiger partial charge on any atom is 0.222 e. The molecule has 2 rings (SSSR count). The van der Waals surface area contributed by atoms with Gasteiger partial charge in [-0.05, 0) is 64.7 Å². The Labute approximate surface area is 141 Å². The Morgan fingerprint density at radius 3 is 2.14 bits per heavy atom. The number of carbonyl (C=O) groups is 1. The van der Waals surface area contributed by atoms with Gasteiger partial charge in [0, 0.05) is 26.1 Å². The summed E-state index contributed by atoms with van der Waals surface area (Å²) in [5, 5.41) is 3.36. The van der Waals surface area contributed by atoms with E-state index in [2.05, 4.69) is 29.2 Å². The molecule has 2 heterocycles. The Hall–Kier alpha value is -0.0300. The zero-order valence-corrected chi connectivity index (χ0v) is 15.0. The lowest BCUT2D eigenvalue weighted by atomic mass is 9.92. The molecule has 0 unspecified atom stereocenters. The molecule has 0 aromatic rings. The standard InChI is InChI=1S/C15H29N3O.2ClH/c1-17(2)12-14-5-9-18(10-6-14)15(19)11-13-3-7-16-8-4-13;;/h13-14,16H,3-12H2,1-2H3;2*1H. The summed E-state index contributed by atoms with van der Waals surface area (Å²) < 4.78 is 0. The number of hydrogen-bond acceptors (Lipinski definition) is 3. The number of halogens is 2. The van der Waals surface area contributed by atoms with Gasteiger partial charge in [0.1, 0.15) is 0 Å². The molecule has 0 spiro atoms. The molecule has 0 bridgehead atoms. The maximum atomic E-state index is 12.3. The summed E-state index contributed by atoms with van der Waals surface area (Å²) in [7, 11) is 4.27. The molecule has 2 fully saturated rings. The van der Waals surface area contributed by atoms with Gasteiger partial charge in [0.2, 0.25) is 5.91 Å². The number of amides is 1. The van der Waals surface area contributed by atoms with E-state index in [0.29, 0.717) is 11.8 Å². The van der Waals surface area contributed by atoms with Crippen LogP contribution in [0.1, 0.15) is 32.1 Å². The zero-order valence-electron chi connectivity index (χ0n) is 13.3. The van der Waals surface area contributed by atoms with E-state index in [-0.39, 0.29) is 24.8 Å². The number of piperidine rings is 2. The van der Waals surface area contributed by atoms with E-state index in [1.807, 2.05) is 0 Å². The van der Waals surface area contributed by atoms with Crippen LogP contribution in [0.3, 0.4) is 0 Å². The average molecular weight is 340 g/mol. The molecule has 0 atom stereocenters. The van der Waals surface area contributed by atoms with Crippen molar-refractivity contribution in [2.24, 2.45) is 11.8 Å². The van der Waals surface area contributed by atoms with E-state index in [1.165, 1.54) is 25.7 Å². The van der Waals surface area contributed by atoms with Crippen LogP contribution >= 0.6 is 24.8 Å². The largest absolute Gasteiger partial charge is 0.343 e. The maximum absolute atomic E-state index is 12.3. The first-order chi connectivity index (χ1) is 9.15. The second-order valence-corrected chi connectivity index (χ2v) is 6.48. The third-order valence-electron chi connectivity index (χ3n) is 4.51.